The average molecular weight is 412 g/mol. The number of likely N-dealkylation sites (tertiary alicyclic amines) is 2. The molecule has 0 radical (unpaired) electrons. The summed E-state index contributed by atoms with van der Waals surface area (Å²) in [5.74, 6) is -0.0619. The third-order valence-electron chi connectivity index (χ3n) is 7.15. The van der Waals surface area contributed by atoms with E-state index < -0.39 is 5.41 Å². The molecule has 0 bridgehead atoms. The summed E-state index contributed by atoms with van der Waals surface area (Å²) in [6, 6.07) is 7.69. The zero-order chi connectivity index (χ0) is 20.7. The number of fused-ring (bicyclic) bond motifs is 1. The fourth-order valence-corrected chi connectivity index (χ4v) is 5.24. The van der Waals surface area contributed by atoms with Gasteiger partial charge in [-0.25, -0.2) is 0 Å². The minimum Gasteiger partial charge on any atom is -0.461 e. The molecule has 3 aliphatic heterocycles. The van der Waals surface area contributed by atoms with Crippen LogP contribution >= 0.6 is 0 Å². The first-order valence-corrected chi connectivity index (χ1v) is 11.0. The van der Waals surface area contributed by atoms with Gasteiger partial charge in [0.15, 0.2) is 0 Å². The van der Waals surface area contributed by atoms with E-state index in [1.54, 1.807) is 0 Å². The lowest BCUT2D eigenvalue weighted by Gasteiger charge is -2.36. The summed E-state index contributed by atoms with van der Waals surface area (Å²) in [5, 5.41) is 10.7. The number of ether oxygens (including phenoxy) is 1. The number of hydrogen-bond donors (Lipinski definition) is 2. The van der Waals surface area contributed by atoms with Crippen molar-refractivity contribution in [3.63, 3.8) is 0 Å². The Hall–Kier alpha value is -2.38. The van der Waals surface area contributed by atoms with Gasteiger partial charge >= 0.3 is 5.97 Å². The van der Waals surface area contributed by atoms with Crippen molar-refractivity contribution < 1.29 is 19.4 Å². The molecule has 1 spiro atoms. The van der Waals surface area contributed by atoms with Gasteiger partial charge in [0, 0.05) is 61.8 Å². The number of cyclic esters (lactones) is 1. The molecule has 5 rings (SSSR count). The van der Waals surface area contributed by atoms with Crippen LogP contribution in [0.2, 0.25) is 0 Å². The Bertz CT molecular complexity index is 939. The number of carbonyl (C=O) groups is 2. The normalized spacial score (nSPS) is 25.2. The average Bonchev–Trinajstić information content (AvgIpc) is 3.34. The van der Waals surface area contributed by atoms with Crippen LogP contribution in [0, 0.1) is 5.41 Å². The summed E-state index contributed by atoms with van der Waals surface area (Å²) in [7, 11) is 0. The summed E-state index contributed by atoms with van der Waals surface area (Å²) in [5.41, 5.74) is 1.27. The highest BCUT2D eigenvalue weighted by Crippen LogP contribution is 2.43. The molecule has 30 heavy (non-hydrogen) atoms. The van der Waals surface area contributed by atoms with Crippen LogP contribution < -0.4 is 0 Å². The van der Waals surface area contributed by atoms with Crippen molar-refractivity contribution in [3.8, 4) is 0 Å². The van der Waals surface area contributed by atoms with Gasteiger partial charge < -0.3 is 19.7 Å². The van der Waals surface area contributed by atoms with E-state index in [4.69, 9.17) is 4.74 Å². The van der Waals surface area contributed by atoms with Crippen LogP contribution in [0.3, 0.4) is 0 Å². The fourth-order valence-electron chi connectivity index (χ4n) is 5.24. The molecule has 1 amide bonds. The lowest BCUT2D eigenvalue weighted by Crippen LogP contribution is -2.45. The quantitative estimate of drug-likeness (QED) is 0.756. The van der Waals surface area contributed by atoms with Gasteiger partial charge in [-0.05, 0) is 49.9 Å². The Morgan fingerprint density at radius 2 is 1.93 bits per heavy atom. The standard InChI is InChI=1S/C23H29N3O4/c27-18-4-9-25(10-5-18)15-19-14-23(22(29)30-19)6-11-26(12-7-23)21(28)17-1-2-20-16(13-17)3-8-24-20/h1-3,8,13,18-19,24,27H,4-7,9-12,14-15H2. The number of rotatable bonds is 3. The predicted octanol–water partition coefficient (Wildman–Crippen LogP) is 2.16. The van der Waals surface area contributed by atoms with Crippen LogP contribution in [-0.2, 0) is 9.53 Å². The number of nitrogens with zero attached hydrogens (tertiary/aromatic N) is 2. The number of aromatic amines is 1. The molecule has 1 aromatic heterocycles. The number of nitrogens with one attached hydrogen (secondary N) is 1. The molecular weight excluding hydrogens is 382 g/mol. The largest absolute Gasteiger partial charge is 0.461 e. The van der Waals surface area contributed by atoms with Gasteiger partial charge in [0.05, 0.1) is 11.5 Å². The summed E-state index contributed by atoms with van der Waals surface area (Å²) in [6.45, 7) is 3.63. The molecule has 3 saturated heterocycles. The van der Waals surface area contributed by atoms with Crippen molar-refractivity contribution in [1.29, 1.82) is 0 Å². The number of aromatic nitrogens is 1. The van der Waals surface area contributed by atoms with Crippen molar-refractivity contribution in [2.24, 2.45) is 5.41 Å². The molecular formula is C23H29N3O4. The van der Waals surface area contributed by atoms with E-state index in [9.17, 15) is 14.7 Å². The highest BCUT2D eigenvalue weighted by Gasteiger charge is 2.51. The molecule has 0 saturated carbocycles. The van der Waals surface area contributed by atoms with Gasteiger partial charge in [0.25, 0.3) is 5.91 Å². The van der Waals surface area contributed by atoms with E-state index in [0.717, 1.165) is 49.8 Å². The van der Waals surface area contributed by atoms with Gasteiger partial charge in [0.1, 0.15) is 6.10 Å². The minimum atomic E-state index is -0.443. The second-order valence-corrected chi connectivity index (χ2v) is 9.12. The minimum absolute atomic E-state index is 0.0303. The number of aliphatic hydroxyl groups excluding tert-OH is 1. The van der Waals surface area contributed by atoms with Gasteiger partial charge in [-0.3, -0.25) is 14.5 Å². The van der Waals surface area contributed by atoms with Gasteiger partial charge in [-0.15, -0.1) is 0 Å². The van der Waals surface area contributed by atoms with Crippen LogP contribution in [0.1, 0.15) is 42.5 Å². The van der Waals surface area contributed by atoms with Crippen molar-refractivity contribution in [2.45, 2.75) is 44.3 Å². The molecule has 4 heterocycles. The van der Waals surface area contributed by atoms with Crippen molar-refractivity contribution in [1.82, 2.24) is 14.8 Å². The molecule has 1 unspecified atom stereocenters. The SMILES string of the molecule is O=C(c1ccc2[nH]ccc2c1)N1CCC2(CC1)CC(CN1CCC(O)CC1)OC2=O. The predicted molar refractivity (Wildman–Crippen MR) is 112 cm³/mol. The first-order chi connectivity index (χ1) is 14.5. The smallest absolute Gasteiger partial charge is 0.312 e. The number of esters is 1. The Balaban J connectivity index is 1.19. The first kappa shape index (κ1) is 19.6. The van der Waals surface area contributed by atoms with Crippen molar-refractivity contribution >= 4 is 22.8 Å². The second kappa shape index (κ2) is 7.71. The summed E-state index contributed by atoms with van der Waals surface area (Å²) < 4.78 is 5.75. The molecule has 1 atom stereocenters. The summed E-state index contributed by atoms with van der Waals surface area (Å²) >= 11 is 0. The van der Waals surface area contributed by atoms with Crippen LogP contribution in [0.15, 0.2) is 30.5 Å². The number of amides is 1. The molecule has 3 fully saturated rings. The molecule has 7 heteroatoms. The van der Waals surface area contributed by atoms with Crippen molar-refractivity contribution in [2.75, 3.05) is 32.7 Å². The van der Waals surface area contributed by atoms with Crippen molar-refractivity contribution in [3.05, 3.63) is 36.0 Å². The van der Waals surface area contributed by atoms with Crippen LogP contribution in [0.25, 0.3) is 10.9 Å². The highest BCUT2D eigenvalue weighted by molar-refractivity contribution is 5.98. The third kappa shape index (κ3) is 3.61. The number of hydrogen-bond acceptors (Lipinski definition) is 5. The zero-order valence-corrected chi connectivity index (χ0v) is 17.2. The van der Waals surface area contributed by atoms with E-state index in [0.29, 0.717) is 31.5 Å². The molecule has 1 aromatic carbocycles. The van der Waals surface area contributed by atoms with E-state index in [1.165, 1.54) is 0 Å². The number of benzene rings is 1. The molecule has 160 valence electrons. The van der Waals surface area contributed by atoms with Gasteiger partial charge in [-0.2, -0.15) is 0 Å². The number of H-pyrrole nitrogens is 1. The third-order valence-corrected chi connectivity index (χ3v) is 7.15. The fraction of sp³-hybridized carbons (Fsp3) is 0.565. The van der Waals surface area contributed by atoms with Crippen LogP contribution in [0.4, 0.5) is 0 Å². The maximum absolute atomic E-state index is 13.0. The Kier molecular flexibility index (Phi) is 5.03. The Morgan fingerprint density at radius 3 is 2.70 bits per heavy atom. The van der Waals surface area contributed by atoms with E-state index in [1.807, 2.05) is 35.4 Å². The zero-order valence-electron chi connectivity index (χ0n) is 17.2. The molecule has 7 nitrogen and oxygen atoms in total. The molecule has 0 aliphatic carbocycles. The number of piperidine rings is 2. The first-order valence-electron chi connectivity index (χ1n) is 11.0. The van der Waals surface area contributed by atoms with Gasteiger partial charge in [-0.1, -0.05) is 0 Å². The number of aliphatic hydroxyl groups is 1. The lowest BCUT2D eigenvalue weighted by atomic mass is 9.76. The Labute approximate surface area is 176 Å². The summed E-state index contributed by atoms with van der Waals surface area (Å²) in [6.07, 6.45) is 5.25. The number of carbonyl (C=O) groups excluding carboxylic acids is 2. The monoisotopic (exact) mass is 411 g/mol. The highest BCUT2D eigenvalue weighted by atomic mass is 16.6. The molecule has 3 aliphatic rings. The van der Waals surface area contributed by atoms with E-state index in [2.05, 4.69) is 9.88 Å². The Morgan fingerprint density at radius 1 is 1.17 bits per heavy atom. The maximum Gasteiger partial charge on any atom is 0.312 e. The topological polar surface area (TPSA) is 85.9 Å². The van der Waals surface area contributed by atoms with Gasteiger partial charge in [0.2, 0.25) is 0 Å². The van der Waals surface area contributed by atoms with E-state index >= 15 is 0 Å². The van der Waals surface area contributed by atoms with Crippen LogP contribution in [-0.4, -0.2) is 76.7 Å². The maximum atomic E-state index is 13.0. The van der Waals surface area contributed by atoms with E-state index in [-0.39, 0.29) is 24.1 Å². The lowest BCUT2D eigenvalue weighted by molar-refractivity contribution is -0.151. The van der Waals surface area contributed by atoms with Crippen LogP contribution in [0.5, 0.6) is 0 Å². The molecule has 2 aromatic rings. The second-order valence-electron chi connectivity index (χ2n) is 9.12. The summed E-state index contributed by atoms with van der Waals surface area (Å²) in [4.78, 5) is 33.0. The molecule has 2 N–H and O–H groups in total.